The Morgan fingerprint density at radius 3 is 2.50 bits per heavy atom. The van der Waals surface area contributed by atoms with Crippen molar-refractivity contribution in [2.45, 2.75) is 44.3 Å². The number of rotatable bonds is 3. The van der Waals surface area contributed by atoms with Crippen LogP contribution >= 0.6 is 0 Å². The van der Waals surface area contributed by atoms with Gasteiger partial charge in [-0.2, -0.15) is 13.2 Å². The van der Waals surface area contributed by atoms with Gasteiger partial charge in [-0.1, -0.05) is 19.3 Å². The molecule has 1 fully saturated rings. The van der Waals surface area contributed by atoms with Crippen LogP contribution in [0.3, 0.4) is 0 Å². The Hall–Kier alpha value is -1.92. The molecule has 122 valence electrons. The summed E-state index contributed by atoms with van der Waals surface area (Å²) in [5.74, 6) is 0.187. The van der Waals surface area contributed by atoms with E-state index in [1.54, 1.807) is 0 Å². The van der Waals surface area contributed by atoms with Crippen molar-refractivity contribution in [2.24, 2.45) is 0 Å². The van der Waals surface area contributed by atoms with E-state index >= 15 is 0 Å². The molecule has 1 aliphatic rings. The van der Waals surface area contributed by atoms with Crippen LogP contribution in [0.2, 0.25) is 0 Å². The average Bonchev–Trinajstić information content (AvgIpc) is 2.47. The van der Waals surface area contributed by atoms with Gasteiger partial charge >= 0.3 is 12.2 Å². The van der Waals surface area contributed by atoms with Gasteiger partial charge < -0.3 is 15.4 Å². The average molecular weight is 316 g/mol. The number of halogens is 3. The normalized spacial score (nSPS) is 16.2. The smallest absolute Gasteiger partial charge is 0.416 e. The zero-order chi connectivity index (χ0) is 16.2. The number of hydrogen-bond acceptors (Lipinski definition) is 2. The molecule has 0 heterocycles. The first kappa shape index (κ1) is 16.5. The van der Waals surface area contributed by atoms with Crippen molar-refractivity contribution in [1.29, 1.82) is 0 Å². The first-order valence-corrected chi connectivity index (χ1v) is 7.23. The highest BCUT2D eigenvalue weighted by Crippen LogP contribution is 2.34. The van der Waals surface area contributed by atoms with Crippen LogP contribution in [-0.2, 0) is 6.18 Å². The number of carbonyl (C=O) groups excluding carboxylic acids is 1. The highest BCUT2D eigenvalue weighted by molar-refractivity contribution is 5.91. The second-order valence-corrected chi connectivity index (χ2v) is 5.35. The maximum Gasteiger partial charge on any atom is 0.416 e. The highest BCUT2D eigenvalue weighted by atomic mass is 19.4. The zero-order valence-corrected chi connectivity index (χ0v) is 12.3. The molecule has 0 saturated heterocycles. The Morgan fingerprint density at radius 1 is 1.23 bits per heavy atom. The number of amides is 2. The second kappa shape index (κ2) is 6.89. The number of ether oxygens (including phenoxy) is 1. The number of carbonyl (C=O) groups is 1. The lowest BCUT2D eigenvalue weighted by atomic mass is 9.96. The maximum atomic E-state index is 12.7. The van der Waals surface area contributed by atoms with Crippen LogP contribution in [0.1, 0.15) is 37.7 Å². The standard InChI is InChI=1S/C15H19F3N2O2/c1-22-13-8-7-10(15(16,17)18)9-12(13)20-14(21)19-11-5-3-2-4-6-11/h7-9,11H,2-6H2,1H3,(H2,19,20,21). The van der Waals surface area contributed by atoms with E-state index in [4.69, 9.17) is 4.74 Å². The summed E-state index contributed by atoms with van der Waals surface area (Å²) in [6.45, 7) is 0. The molecular weight excluding hydrogens is 297 g/mol. The van der Waals surface area contributed by atoms with E-state index < -0.39 is 17.8 Å². The number of anilines is 1. The third kappa shape index (κ3) is 4.29. The van der Waals surface area contributed by atoms with Gasteiger partial charge in [-0.3, -0.25) is 0 Å². The Bertz CT molecular complexity index is 526. The molecule has 7 heteroatoms. The quantitative estimate of drug-likeness (QED) is 0.879. The molecule has 2 N–H and O–H groups in total. The number of benzene rings is 1. The number of nitrogens with one attached hydrogen (secondary N) is 2. The van der Waals surface area contributed by atoms with E-state index in [1.807, 2.05) is 0 Å². The van der Waals surface area contributed by atoms with E-state index in [0.29, 0.717) is 0 Å². The number of urea groups is 1. The predicted molar refractivity (Wildman–Crippen MR) is 77.0 cm³/mol. The zero-order valence-electron chi connectivity index (χ0n) is 12.3. The topological polar surface area (TPSA) is 50.4 Å². The van der Waals surface area contributed by atoms with Crippen LogP contribution in [0.5, 0.6) is 5.75 Å². The molecule has 0 atom stereocenters. The van der Waals surface area contributed by atoms with E-state index in [-0.39, 0.29) is 17.5 Å². The van der Waals surface area contributed by atoms with E-state index in [9.17, 15) is 18.0 Å². The van der Waals surface area contributed by atoms with Crippen LogP contribution in [0, 0.1) is 0 Å². The fourth-order valence-corrected chi connectivity index (χ4v) is 2.57. The predicted octanol–water partition coefficient (Wildman–Crippen LogP) is 4.17. The maximum absolute atomic E-state index is 12.7. The molecule has 0 spiro atoms. The van der Waals surface area contributed by atoms with Crippen LogP contribution in [0.15, 0.2) is 18.2 Å². The summed E-state index contributed by atoms with van der Waals surface area (Å²) >= 11 is 0. The van der Waals surface area contributed by atoms with Crippen molar-refractivity contribution >= 4 is 11.7 Å². The lowest BCUT2D eigenvalue weighted by Crippen LogP contribution is -2.39. The van der Waals surface area contributed by atoms with E-state index in [1.165, 1.54) is 13.2 Å². The molecule has 1 aromatic rings. The summed E-state index contributed by atoms with van der Waals surface area (Å²) in [6.07, 6.45) is 0.583. The molecule has 0 bridgehead atoms. The van der Waals surface area contributed by atoms with Crippen molar-refractivity contribution in [2.75, 3.05) is 12.4 Å². The summed E-state index contributed by atoms with van der Waals surface area (Å²) in [5.41, 5.74) is -0.827. The van der Waals surface area contributed by atoms with Gasteiger partial charge in [-0.15, -0.1) is 0 Å². The van der Waals surface area contributed by atoms with Gasteiger partial charge in [0.1, 0.15) is 5.75 Å². The van der Waals surface area contributed by atoms with Crippen LogP contribution < -0.4 is 15.4 Å². The summed E-state index contributed by atoms with van der Waals surface area (Å²) in [7, 11) is 1.34. The molecule has 22 heavy (non-hydrogen) atoms. The minimum absolute atomic E-state index is 0.00522. The number of hydrogen-bond donors (Lipinski definition) is 2. The van der Waals surface area contributed by atoms with Gasteiger partial charge in [0.25, 0.3) is 0 Å². The van der Waals surface area contributed by atoms with Gasteiger partial charge in [0.2, 0.25) is 0 Å². The SMILES string of the molecule is COc1ccc(C(F)(F)F)cc1NC(=O)NC1CCCCC1. The molecule has 1 saturated carbocycles. The van der Waals surface area contributed by atoms with Gasteiger partial charge in [-0.05, 0) is 31.0 Å². The molecule has 1 aliphatic carbocycles. The van der Waals surface area contributed by atoms with E-state index in [2.05, 4.69) is 10.6 Å². The first-order chi connectivity index (χ1) is 10.4. The number of methoxy groups -OCH3 is 1. The molecule has 0 aliphatic heterocycles. The Balaban J connectivity index is 2.07. The Kier molecular flexibility index (Phi) is 5.15. The summed E-state index contributed by atoms with van der Waals surface area (Å²) in [4.78, 5) is 12.0. The molecular formula is C15H19F3N2O2. The fraction of sp³-hybridized carbons (Fsp3) is 0.533. The van der Waals surface area contributed by atoms with Crippen LogP contribution in [0.25, 0.3) is 0 Å². The Labute approximate surface area is 127 Å². The Morgan fingerprint density at radius 2 is 1.91 bits per heavy atom. The lowest BCUT2D eigenvalue weighted by molar-refractivity contribution is -0.137. The van der Waals surface area contributed by atoms with Crippen molar-refractivity contribution < 1.29 is 22.7 Å². The first-order valence-electron chi connectivity index (χ1n) is 7.23. The van der Waals surface area contributed by atoms with Crippen molar-refractivity contribution in [3.8, 4) is 5.75 Å². The van der Waals surface area contributed by atoms with Crippen molar-refractivity contribution in [3.63, 3.8) is 0 Å². The van der Waals surface area contributed by atoms with Gasteiger partial charge in [0, 0.05) is 6.04 Å². The largest absolute Gasteiger partial charge is 0.495 e. The molecule has 0 aromatic heterocycles. The molecule has 4 nitrogen and oxygen atoms in total. The third-order valence-corrected chi connectivity index (χ3v) is 3.72. The van der Waals surface area contributed by atoms with E-state index in [0.717, 1.165) is 44.2 Å². The molecule has 1 aromatic carbocycles. The molecule has 2 amide bonds. The minimum Gasteiger partial charge on any atom is -0.495 e. The lowest BCUT2D eigenvalue weighted by Gasteiger charge is -2.23. The second-order valence-electron chi connectivity index (χ2n) is 5.35. The number of alkyl halides is 3. The van der Waals surface area contributed by atoms with Crippen LogP contribution in [-0.4, -0.2) is 19.2 Å². The van der Waals surface area contributed by atoms with Gasteiger partial charge in [0.05, 0.1) is 18.4 Å². The van der Waals surface area contributed by atoms with Gasteiger partial charge in [-0.25, -0.2) is 4.79 Å². The molecule has 0 unspecified atom stereocenters. The molecule has 0 radical (unpaired) electrons. The minimum atomic E-state index is -4.47. The van der Waals surface area contributed by atoms with Gasteiger partial charge in [0.15, 0.2) is 0 Å². The van der Waals surface area contributed by atoms with Crippen LogP contribution in [0.4, 0.5) is 23.7 Å². The fourth-order valence-electron chi connectivity index (χ4n) is 2.57. The third-order valence-electron chi connectivity index (χ3n) is 3.72. The highest BCUT2D eigenvalue weighted by Gasteiger charge is 2.31. The monoisotopic (exact) mass is 316 g/mol. The summed E-state index contributed by atoms with van der Waals surface area (Å²) in [5, 5.41) is 5.24. The van der Waals surface area contributed by atoms with Crippen molar-refractivity contribution in [3.05, 3.63) is 23.8 Å². The summed E-state index contributed by atoms with van der Waals surface area (Å²) < 4.78 is 43.2. The summed E-state index contributed by atoms with van der Waals surface area (Å²) in [6, 6.07) is 2.55. The molecule has 2 rings (SSSR count). The van der Waals surface area contributed by atoms with Crippen molar-refractivity contribution in [1.82, 2.24) is 5.32 Å².